The van der Waals surface area contributed by atoms with E-state index in [1.165, 1.54) is 0 Å². The predicted octanol–water partition coefficient (Wildman–Crippen LogP) is 0.998. The van der Waals surface area contributed by atoms with Crippen molar-refractivity contribution in [2.75, 3.05) is 52.5 Å². The highest BCUT2D eigenvalue weighted by molar-refractivity contribution is 6.30. The van der Waals surface area contributed by atoms with Crippen molar-refractivity contribution in [2.24, 2.45) is 0 Å². The topological polar surface area (TPSA) is 56.2 Å². The Kier molecular flexibility index (Phi) is 6.92. The van der Waals surface area contributed by atoms with Crippen LogP contribution in [0.25, 0.3) is 0 Å². The minimum Gasteiger partial charge on any atom is -0.491 e. The number of hydrogen-bond donors (Lipinski definition) is 2. The van der Waals surface area contributed by atoms with Crippen LogP contribution in [-0.4, -0.2) is 78.6 Å². The van der Waals surface area contributed by atoms with Crippen molar-refractivity contribution in [1.82, 2.24) is 9.80 Å². The van der Waals surface area contributed by atoms with E-state index in [4.69, 9.17) is 21.4 Å². The molecule has 0 bridgehead atoms. The van der Waals surface area contributed by atoms with E-state index in [0.717, 1.165) is 44.0 Å². The zero-order valence-electron chi connectivity index (χ0n) is 13.0. The largest absolute Gasteiger partial charge is 0.491 e. The highest BCUT2D eigenvalue weighted by atomic mass is 35.5. The second-order valence-corrected chi connectivity index (χ2v) is 6.18. The molecule has 0 aliphatic carbocycles. The van der Waals surface area contributed by atoms with E-state index in [9.17, 15) is 5.11 Å². The van der Waals surface area contributed by atoms with Crippen LogP contribution in [0, 0.1) is 6.92 Å². The number of aliphatic hydroxyl groups is 2. The van der Waals surface area contributed by atoms with Gasteiger partial charge in [-0.15, -0.1) is 0 Å². The van der Waals surface area contributed by atoms with Gasteiger partial charge in [-0.2, -0.15) is 0 Å². The van der Waals surface area contributed by atoms with Crippen molar-refractivity contribution in [3.8, 4) is 5.75 Å². The lowest BCUT2D eigenvalue weighted by molar-refractivity contribution is 0.0427. The average Bonchev–Trinajstić information content (AvgIpc) is 2.49. The van der Waals surface area contributed by atoms with Crippen LogP contribution in [0.15, 0.2) is 18.2 Å². The average molecular weight is 329 g/mol. The van der Waals surface area contributed by atoms with Gasteiger partial charge in [-0.25, -0.2) is 0 Å². The highest BCUT2D eigenvalue weighted by Gasteiger charge is 2.19. The van der Waals surface area contributed by atoms with E-state index >= 15 is 0 Å². The van der Waals surface area contributed by atoms with E-state index < -0.39 is 6.10 Å². The molecule has 1 aliphatic rings. The van der Waals surface area contributed by atoms with Crippen molar-refractivity contribution in [3.05, 3.63) is 28.8 Å². The first-order valence-corrected chi connectivity index (χ1v) is 8.09. The lowest BCUT2D eigenvalue weighted by Gasteiger charge is -2.35. The molecule has 2 N–H and O–H groups in total. The van der Waals surface area contributed by atoms with Gasteiger partial charge in [0.05, 0.1) is 6.61 Å². The Morgan fingerprint density at radius 1 is 1.23 bits per heavy atom. The summed E-state index contributed by atoms with van der Waals surface area (Å²) in [4.78, 5) is 4.47. The zero-order chi connectivity index (χ0) is 15.9. The molecule has 1 atom stereocenters. The number of rotatable bonds is 7. The third-order valence-corrected chi connectivity index (χ3v) is 4.15. The van der Waals surface area contributed by atoms with E-state index in [0.29, 0.717) is 11.6 Å². The quantitative estimate of drug-likeness (QED) is 0.782. The van der Waals surface area contributed by atoms with Gasteiger partial charge >= 0.3 is 0 Å². The maximum Gasteiger partial charge on any atom is 0.122 e. The van der Waals surface area contributed by atoms with Gasteiger partial charge in [0.25, 0.3) is 0 Å². The fraction of sp³-hybridized carbons (Fsp3) is 0.625. The first-order valence-electron chi connectivity index (χ1n) is 7.71. The molecule has 0 spiro atoms. The molecule has 0 saturated carbocycles. The molecule has 1 aromatic rings. The molecule has 1 fully saturated rings. The van der Waals surface area contributed by atoms with Crippen LogP contribution in [0.1, 0.15) is 5.56 Å². The van der Waals surface area contributed by atoms with E-state index in [-0.39, 0.29) is 13.2 Å². The summed E-state index contributed by atoms with van der Waals surface area (Å²) in [5, 5.41) is 19.7. The first-order chi connectivity index (χ1) is 10.6. The number of hydrogen-bond acceptors (Lipinski definition) is 5. The Morgan fingerprint density at radius 3 is 2.55 bits per heavy atom. The zero-order valence-corrected chi connectivity index (χ0v) is 13.8. The van der Waals surface area contributed by atoms with Crippen LogP contribution in [0.3, 0.4) is 0 Å². The van der Waals surface area contributed by atoms with Crippen LogP contribution in [0.4, 0.5) is 0 Å². The van der Waals surface area contributed by atoms with Crippen molar-refractivity contribution in [1.29, 1.82) is 0 Å². The summed E-state index contributed by atoms with van der Waals surface area (Å²) in [5.41, 5.74) is 0.970. The maximum atomic E-state index is 10.1. The van der Waals surface area contributed by atoms with Crippen LogP contribution >= 0.6 is 11.6 Å². The van der Waals surface area contributed by atoms with Gasteiger partial charge in [0, 0.05) is 44.3 Å². The number of piperazine rings is 1. The number of aliphatic hydroxyl groups excluding tert-OH is 2. The number of β-amino-alcohol motifs (C(OH)–C–C–N with tert-alkyl or cyclic N) is 2. The molecule has 1 aromatic carbocycles. The molecule has 0 amide bonds. The Hall–Kier alpha value is -0.850. The normalized spacial score (nSPS) is 18.4. The monoisotopic (exact) mass is 328 g/mol. The second kappa shape index (κ2) is 8.70. The van der Waals surface area contributed by atoms with Gasteiger partial charge in [-0.1, -0.05) is 11.6 Å². The van der Waals surface area contributed by atoms with E-state index in [1.807, 2.05) is 19.1 Å². The number of nitrogens with zero attached hydrogens (tertiary/aromatic N) is 2. The van der Waals surface area contributed by atoms with E-state index in [1.54, 1.807) is 6.07 Å². The number of aryl methyl sites for hydroxylation is 1. The molecule has 0 unspecified atom stereocenters. The summed E-state index contributed by atoms with van der Waals surface area (Å²) < 4.78 is 5.68. The second-order valence-electron chi connectivity index (χ2n) is 5.74. The Bertz CT molecular complexity index is 465. The molecule has 1 saturated heterocycles. The molecule has 1 aliphatic heterocycles. The summed E-state index contributed by atoms with van der Waals surface area (Å²) in [6.45, 7) is 7.46. The molecule has 0 radical (unpaired) electrons. The molecule has 6 heteroatoms. The van der Waals surface area contributed by atoms with Gasteiger partial charge in [0.15, 0.2) is 0 Å². The van der Waals surface area contributed by atoms with Gasteiger partial charge in [-0.3, -0.25) is 9.80 Å². The third kappa shape index (κ3) is 5.41. The van der Waals surface area contributed by atoms with Crippen LogP contribution in [0.2, 0.25) is 5.02 Å². The number of ether oxygens (including phenoxy) is 1. The molecule has 0 aromatic heterocycles. The van der Waals surface area contributed by atoms with Crippen molar-refractivity contribution in [2.45, 2.75) is 13.0 Å². The number of halogens is 1. The molecule has 5 nitrogen and oxygen atoms in total. The maximum absolute atomic E-state index is 10.1. The molecular weight excluding hydrogens is 304 g/mol. The Balaban J connectivity index is 1.71. The third-order valence-electron chi connectivity index (χ3n) is 3.92. The van der Waals surface area contributed by atoms with Crippen LogP contribution < -0.4 is 4.74 Å². The molecule has 124 valence electrons. The van der Waals surface area contributed by atoms with Crippen LogP contribution in [0.5, 0.6) is 5.75 Å². The lowest BCUT2D eigenvalue weighted by Crippen LogP contribution is -2.49. The molecule has 22 heavy (non-hydrogen) atoms. The summed E-state index contributed by atoms with van der Waals surface area (Å²) >= 11 is 5.91. The highest BCUT2D eigenvalue weighted by Crippen LogP contribution is 2.21. The molecular formula is C16H25ClN2O3. The number of benzene rings is 1. The lowest BCUT2D eigenvalue weighted by atomic mass is 10.2. The van der Waals surface area contributed by atoms with Gasteiger partial charge in [-0.05, 0) is 30.7 Å². The summed E-state index contributed by atoms with van der Waals surface area (Å²) in [5.74, 6) is 0.760. The fourth-order valence-corrected chi connectivity index (χ4v) is 2.88. The summed E-state index contributed by atoms with van der Waals surface area (Å²) in [6.07, 6.45) is -0.514. The van der Waals surface area contributed by atoms with Gasteiger partial charge in [0.2, 0.25) is 0 Å². The Morgan fingerprint density at radius 2 is 1.91 bits per heavy atom. The minimum absolute atomic E-state index is 0.205. The summed E-state index contributed by atoms with van der Waals surface area (Å²) in [7, 11) is 0. The van der Waals surface area contributed by atoms with E-state index in [2.05, 4.69) is 9.80 Å². The predicted molar refractivity (Wildman–Crippen MR) is 87.7 cm³/mol. The minimum atomic E-state index is -0.514. The SMILES string of the molecule is Cc1cc(Cl)ccc1OC[C@@H](O)CN1CCN(CCO)CC1. The first kappa shape index (κ1) is 17.5. The van der Waals surface area contributed by atoms with Gasteiger partial charge in [0.1, 0.15) is 18.5 Å². The van der Waals surface area contributed by atoms with Crippen molar-refractivity contribution >= 4 is 11.6 Å². The Labute approximate surface area is 137 Å². The van der Waals surface area contributed by atoms with Crippen LogP contribution in [-0.2, 0) is 0 Å². The van der Waals surface area contributed by atoms with Gasteiger partial charge < -0.3 is 14.9 Å². The van der Waals surface area contributed by atoms with Crippen molar-refractivity contribution < 1.29 is 14.9 Å². The molecule has 2 rings (SSSR count). The molecule has 1 heterocycles. The smallest absolute Gasteiger partial charge is 0.122 e. The standard InChI is InChI=1S/C16H25ClN2O3/c1-13-10-14(17)2-3-16(13)22-12-15(21)11-19-6-4-18(5-7-19)8-9-20/h2-3,10,15,20-21H,4-9,11-12H2,1H3/t15-/m0/s1. The van der Waals surface area contributed by atoms with Crippen molar-refractivity contribution in [3.63, 3.8) is 0 Å². The summed E-state index contributed by atoms with van der Waals surface area (Å²) in [6, 6.07) is 5.47. The fourth-order valence-electron chi connectivity index (χ4n) is 2.65.